The Balaban J connectivity index is 2.70. The van der Waals surface area contributed by atoms with Crippen molar-refractivity contribution in [3.05, 3.63) is 0 Å². The summed E-state index contributed by atoms with van der Waals surface area (Å²) in [7, 11) is 1.62. The van der Waals surface area contributed by atoms with E-state index in [2.05, 4.69) is 0 Å². The minimum Gasteiger partial charge on any atom is -0.387 e. The van der Waals surface area contributed by atoms with Gasteiger partial charge in [0.25, 0.3) is 0 Å². The topological polar surface area (TPSA) is 55.5 Å². The van der Waals surface area contributed by atoms with Gasteiger partial charge in [-0.15, -0.1) is 0 Å². The van der Waals surface area contributed by atoms with Gasteiger partial charge < -0.3 is 15.6 Å². The van der Waals surface area contributed by atoms with Crippen molar-refractivity contribution in [2.45, 2.75) is 38.4 Å². The van der Waals surface area contributed by atoms with Crippen LogP contribution in [0.15, 0.2) is 0 Å². The number of ether oxygens (including phenoxy) is 1. The van der Waals surface area contributed by atoms with Crippen molar-refractivity contribution in [1.82, 2.24) is 0 Å². The minimum absolute atomic E-state index is 0.0809. The molecule has 1 saturated carbocycles. The standard InChI is InChI=1S/C9H19NO2/c1-7(12-3)8(2,11)9(6-10)4-5-9/h7,11H,4-6,10H2,1-3H3. The highest BCUT2D eigenvalue weighted by atomic mass is 16.5. The number of hydrogen-bond acceptors (Lipinski definition) is 3. The lowest BCUT2D eigenvalue weighted by atomic mass is 9.82. The summed E-state index contributed by atoms with van der Waals surface area (Å²) in [5.74, 6) is 0. The molecule has 0 aromatic rings. The highest BCUT2D eigenvalue weighted by Gasteiger charge is 2.57. The van der Waals surface area contributed by atoms with Crippen LogP contribution in [0, 0.1) is 5.41 Å². The van der Waals surface area contributed by atoms with E-state index in [1.165, 1.54) is 0 Å². The van der Waals surface area contributed by atoms with Gasteiger partial charge in [-0.05, 0) is 26.7 Å². The molecule has 1 fully saturated rings. The second kappa shape index (κ2) is 2.98. The van der Waals surface area contributed by atoms with Crippen molar-refractivity contribution >= 4 is 0 Å². The molecule has 0 heterocycles. The zero-order valence-electron chi connectivity index (χ0n) is 8.13. The molecular formula is C9H19NO2. The smallest absolute Gasteiger partial charge is 0.0945 e. The van der Waals surface area contributed by atoms with E-state index >= 15 is 0 Å². The maximum Gasteiger partial charge on any atom is 0.0945 e. The van der Waals surface area contributed by atoms with E-state index in [-0.39, 0.29) is 11.5 Å². The molecule has 12 heavy (non-hydrogen) atoms. The van der Waals surface area contributed by atoms with Gasteiger partial charge in [0.05, 0.1) is 11.7 Å². The van der Waals surface area contributed by atoms with Crippen LogP contribution < -0.4 is 5.73 Å². The molecule has 72 valence electrons. The average Bonchev–Trinajstić information content (AvgIpc) is 2.83. The third-order valence-corrected chi connectivity index (χ3v) is 3.46. The van der Waals surface area contributed by atoms with Crippen LogP contribution in [0.25, 0.3) is 0 Å². The van der Waals surface area contributed by atoms with E-state index in [0.717, 1.165) is 12.8 Å². The van der Waals surface area contributed by atoms with Crippen LogP contribution in [0.5, 0.6) is 0 Å². The molecule has 0 aromatic carbocycles. The van der Waals surface area contributed by atoms with Crippen molar-refractivity contribution in [1.29, 1.82) is 0 Å². The largest absolute Gasteiger partial charge is 0.387 e. The van der Waals surface area contributed by atoms with Crippen LogP contribution >= 0.6 is 0 Å². The van der Waals surface area contributed by atoms with Crippen molar-refractivity contribution in [3.8, 4) is 0 Å². The normalized spacial score (nSPS) is 27.8. The molecule has 2 atom stereocenters. The summed E-state index contributed by atoms with van der Waals surface area (Å²) in [4.78, 5) is 0. The van der Waals surface area contributed by atoms with Gasteiger partial charge in [0.15, 0.2) is 0 Å². The number of nitrogens with two attached hydrogens (primary N) is 1. The van der Waals surface area contributed by atoms with Gasteiger partial charge in [-0.3, -0.25) is 0 Å². The monoisotopic (exact) mass is 173 g/mol. The van der Waals surface area contributed by atoms with Crippen LogP contribution in [0.3, 0.4) is 0 Å². The van der Waals surface area contributed by atoms with Gasteiger partial charge in [0.2, 0.25) is 0 Å². The molecule has 3 N–H and O–H groups in total. The Morgan fingerprint density at radius 1 is 1.67 bits per heavy atom. The molecule has 0 radical (unpaired) electrons. The summed E-state index contributed by atoms with van der Waals surface area (Å²) in [6.45, 7) is 4.25. The molecule has 1 aliphatic rings. The fourth-order valence-electron chi connectivity index (χ4n) is 1.73. The van der Waals surface area contributed by atoms with Gasteiger partial charge in [-0.25, -0.2) is 0 Å². The summed E-state index contributed by atoms with van der Waals surface area (Å²) in [6, 6.07) is 0. The Kier molecular flexibility index (Phi) is 2.47. The quantitative estimate of drug-likeness (QED) is 0.651. The number of rotatable bonds is 4. The van der Waals surface area contributed by atoms with Crippen LogP contribution in [0.2, 0.25) is 0 Å². The van der Waals surface area contributed by atoms with Crippen molar-refractivity contribution < 1.29 is 9.84 Å². The predicted molar refractivity (Wildman–Crippen MR) is 47.8 cm³/mol. The Bertz CT molecular complexity index is 164. The highest BCUT2D eigenvalue weighted by molar-refractivity contribution is 5.09. The van der Waals surface area contributed by atoms with E-state index in [1.807, 2.05) is 13.8 Å². The summed E-state index contributed by atoms with van der Waals surface area (Å²) in [5, 5.41) is 10.2. The van der Waals surface area contributed by atoms with Gasteiger partial charge in [-0.1, -0.05) is 0 Å². The molecule has 0 aliphatic heterocycles. The van der Waals surface area contributed by atoms with E-state index in [1.54, 1.807) is 7.11 Å². The van der Waals surface area contributed by atoms with Gasteiger partial charge in [-0.2, -0.15) is 0 Å². The molecule has 2 unspecified atom stereocenters. The Morgan fingerprint density at radius 3 is 2.42 bits per heavy atom. The number of methoxy groups -OCH3 is 1. The second-order valence-corrected chi connectivity index (χ2v) is 4.01. The molecule has 0 saturated heterocycles. The van der Waals surface area contributed by atoms with Crippen LogP contribution in [0.4, 0.5) is 0 Å². The van der Waals surface area contributed by atoms with Crippen molar-refractivity contribution in [2.75, 3.05) is 13.7 Å². The first-order valence-electron chi connectivity index (χ1n) is 4.45. The van der Waals surface area contributed by atoms with E-state index in [9.17, 15) is 5.11 Å². The van der Waals surface area contributed by atoms with Crippen LogP contribution in [-0.2, 0) is 4.74 Å². The Labute approximate surface area is 73.9 Å². The molecule has 3 heteroatoms. The number of hydrogen-bond donors (Lipinski definition) is 2. The maximum absolute atomic E-state index is 10.2. The van der Waals surface area contributed by atoms with E-state index < -0.39 is 5.60 Å². The van der Waals surface area contributed by atoms with Crippen LogP contribution in [0.1, 0.15) is 26.7 Å². The molecular weight excluding hydrogens is 154 g/mol. The molecule has 0 spiro atoms. The molecule has 1 aliphatic carbocycles. The lowest BCUT2D eigenvalue weighted by Gasteiger charge is -2.36. The molecule has 1 rings (SSSR count). The maximum atomic E-state index is 10.2. The van der Waals surface area contributed by atoms with Gasteiger partial charge >= 0.3 is 0 Å². The average molecular weight is 173 g/mol. The molecule has 3 nitrogen and oxygen atoms in total. The SMILES string of the molecule is COC(C)C(C)(O)C1(CN)CC1. The summed E-state index contributed by atoms with van der Waals surface area (Å²) in [5.41, 5.74) is 4.77. The zero-order chi connectivity index (χ0) is 9.41. The lowest BCUT2D eigenvalue weighted by molar-refractivity contribution is -0.116. The first kappa shape index (κ1) is 9.96. The van der Waals surface area contributed by atoms with Crippen LogP contribution in [-0.4, -0.2) is 30.5 Å². The van der Waals surface area contributed by atoms with E-state index in [4.69, 9.17) is 10.5 Å². The minimum atomic E-state index is -0.781. The van der Waals surface area contributed by atoms with Crippen molar-refractivity contribution in [2.24, 2.45) is 11.1 Å². The number of aliphatic hydroxyl groups is 1. The third-order valence-electron chi connectivity index (χ3n) is 3.46. The summed E-state index contributed by atoms with van der Waals surface area (Å²) in [6.07, 6.45) is 1.89. The van der Waals surface area contributed by atoms with E-state index in [0.29, 0.717) is 6.54 Å². The Morgan fingerprint density at radius 2 is 2.17 bits per heavy atom. The molecule has 0 amide bonds. The highest BCUT2D eigenvalue weighted by Crippen LogP contribution is 2.54. The summed E-state index contributed by atoms with van der Waals surface area (Å²) >= 11 is 0. The fraction of sp³-hybridized carbons (Fsp3) is 1.00. The fourth-order valence-corrected chi connectivity index (χ4v) is 1.73. The third kappa shape index (κ3) is 1.26. The molecule has 0 bridgehead atoms. The van der Waals surface area contributed by atoms with Gasteiger partial charge in [0, 0.05) is 19.1 Å². The van der Waals surface area contributed by atoms with Crippen molar-refractivity contribution in [3.63, 3.8) is 0 Å². The summed E-state index contributed by atoms with van der Waals surface area (Å²) < 4.78 is 5.14. The molecule has 0 aromatic heterocycles. The first-order valence-corrected chi connectivity index (χ1v) is 4.45. The lowest BCUT2D eigenvalue weighted by Crippen LogP contribution is -2.50. The van der Waals surface area contributed by atoms with Gasteiger partial charge in [0.1, 0.15) is 0 Å². The Hall–Kier alpha value is -0.120. The predicted octanol–water partition coefficient (Wildman–Crippen LogP) is 0.511. The first-order chi connectivity index (χ1) is 5.50. The zero-order valence-corrected chi connectivity index (χ0v) is 8.13. The second-order valence-electron chi connectivity index (χ2n) is 4.01.